The molecular formula is C47H71ClO12. The minimum absolute atomic E-state index is 0.415. The summed E-state index contributed by atoms with van der Waals surface area (Å²) in [7, 11) is 0. The minimum atomic E-state index is -0.753. The zero-order valence-electron chi connectivity index (χ0n) is 35.7. The minimum Gasteiger partial charge on any atom is -0.379 e. The molecule has 0 radical (unpaired) electrons. The van der Waals surface area contributed by atoms with Crippen molar-refractivity contribution in [2.75, 3.05) is 158 Å². The summed E-state index contributed by atoms with van der Waals surface area (Å²) in [5.41, 5.74) is 2.45. The van der Waals surface area contributed by atoms with Gasteiger partial charge in [-0.15, -0.1) is 11.6 Å². The fraction of sp³-hybridized carbons (Fsp3) is 0.617. The molecule has 0 fully saturated rings. The predicted octanol–water partition coefficient (Wildman–Crippen LogP) is 6.98. The molecule has 0 spiro atoms. The zero-order valence-corrected chi connectivity index (χ0v) is 36.5. The second-order valence-electron chi connectivity index (χ2n) is 13.5. The number of benzene rings is 3. The second kappa shape index (κ2) is 38.2. The maximum atomic E-state index is 6.74. The maximum absolute atomic E-state index is 6.74. The Bertz CT molecular complexity index is 1230. The second-order valence-corrected chi connectivity index (χ2v) is 13.8. The topological polar surface area (TPSA) is 111 Å². The molecule has 0 aliphatic heterocycles. The van der Waals surface area contributed by atoms with Crippen LogP contribution in [-0.2, 0) is 62.4 Å². The summed E-state index contributed by atoms with van der Waals surface area (Å²) in [6.45, 7) is 11.9. The molecule has 0 N–H and O–H groups in total. The first-order valence-corrected chi connectivity index (χ1v) is 22.1. The Hall–Kier alpha value is -2.53. The van der Waals surface area contributed by atoms with Gasteiger partial charge in [0.2, 0.25) is 0 Å². The molecule has 338 valence electrons. The van der Waals surface area contributed by atoms with Gasteiger partial charge < -0.3 is 56.8 Å². The molecule has 3 rings (SSSR count). The Morgan fingerprint density at radius 1 is 0.267 bits per heavy atom. The molecule has 13 heteroatoms. The van der Waals surface area contributed by atoms with E-state index in [1.54, 1.807) is 0 Å². The van der Waals surface area contributed by atoms with E-state index < -0.39 is 5.60 Å². The third-order valence-electron chi connectivity index (χ3n) is 8.98. The average molecular weight is 864 g/mol. The standard InChI is InChI=1S/C47H71ClO12/c48-20-12-1-2-13-21-49-22-23-50-24-25-51-26-27-52-28-29-53-30-31-54-32-33-55-34-35-56-36-37-57-38-39-58-40-41-59-42-43-60-47(44-14-6-3-7-15-44,45-16-8-4-9-17-45)46-18-10-5-11-19-46/h3-11,14-19H,1-2,12-13,20-43H2. The summed E-state index contributed by atoms with van der Waals surface area (Å²) in [5.74, 6) is 0.741. The largest absolute Gasteiger partial charge is 0.379 e. The van der Waals surface area contributed by atoms with E-state index in [1.807, 2.05) is 54.6 Å². The van der Waals surface area contributed by atoms with Gasteiger partial charge in [-0.2, -0.15) is 0 Å². The van der Waals surface area contributed by atoms with Gasteiger partial charge in [-0.1, -0.05) is 104 Å². The number of unbranched alkanes of at least 4 members (excludes halogenated alkanes) is 3. The van der Waals surface area contributed by atoms with E-state index >= 15 is 0 Å². The highest BCUT2D eigenvalue weighted by Crippen LogP contribution is 2.40. The summed E-state index contributed by atoms with van der Waals surface area (Å²) in [6, 6.07) is 31.0. The molecule has 0 bridgehead atoms. The van der Waals surface area contributed by atoms with Crippen molar-refractivity contribution in [3.8, 4) is 0 Å². The van der Waals surface area contributed by atoms with Crippen LogP contribution in [0.25, 0.3) is 0 Å². The normalized spacial score (nSPS) is 11.8. The smallest absolute Gasteiger partial charge is 0.143 e. The first kappa shape index (κ1) is 51.8. The van der Waals surface area contributed by atoms with Crippen LogP contribution < -0.4 is 0 Å². The molecule has 0 aliphatic rings. The molecule has 0 atom stereocenters. The highest BCUT2D eigenvalue weighted by Gasteiger charge is 2.37. The van der Waals surface area contributed by atoms with E-state index in [1.165, 1.54) is 6.42 Å². The maximum Gasteiger partial charge on any atom is 0.143 e. The van der Waals surface area contributed by atoms with Crippen molar-refractivity contribution < 1.29 is 56.8 Å². The van der Waals surface area contributed by atoms with Crippen LogP contribution in [-0.4, -0.2) is 158 Å². The van der Waals surface area contributed by atoms with Gasteiger partial charge >= 0.3 is 0 Å². The molecule has 0 saturated carbocycles. The summed E-state index contributed by atoms with van der Waals surface area (Å²) < 4.78 is 68.1. The van der Waals surface area contributed by atoms with Crippen molar-refractivity contribution in [2.24, 2.45) is 0 Å². The molecule has 0 aliphatic carbocycles. The van der Waals surface area contributed by atoms with Crippen LogP contribution in [0.2, 0.25) is 0 Å². The molecule has 3 aromatic rings. The van der Waals surface area contributed by atoms with Crippen molar-refractivity contribution in [2.45, 2.75) is 31.3 Å². The molecule has 0 amide bonds. The van der Waals surface area contributed by atoms with E-state index in [0.717, 1.165) is 48.4 Å². The molecule has 0 saturated heterocycles. The number of rotatable bonds is 43. The third kappa shape index (κ3) is 24.8. The van der Waals surface area contributed by atoms with Gasteiger partial charge in [0.1, 0.15) is 5.60 Å². The summed E-state index contributed by atoms with van der Waals surface area (Å²) in [5, 5.41) is 0. The van der Waals surface area contributed by atoms with Gasteiger partial charge in [-0.05, 0) is 29.5 Å². The third-order valence-corrected chi connectivity index (χ3v) is 9.25. The average Bonchev–Trinajstić information content (AvgIpc) is 3.29. The van der Waals surface area contributed by atoms with Gasteiger partial charge in [-0.25, -0.2) is 0 Å². The van der Waals surface area contributed by atoms with E-state index in [4.69, 9.17) is 68.4 Å². The van der Waals surface area contributed by atoms with Crippen molar-refractivity contribution in [1.29, 1.82) is 0 Å². The van der Waals surface area contributed by atoms with E-state index in [0.29, 0.717) is 145 Å². The fourth-order valence-electron chi connectivity index (χ4n) is 5.98. The van der Waals surface area contributed by atoms with Crippen molar-refractivity contribution in [3.05, 3.63) is 108 Å². The Morgan fingerprint density at radius 2 is 0.500 bits per heavy atom. The van der Waals surface area contributed by atoms with Crippen LogP contribution in [0.3, 0.4) is 0 Å². The lowest BCUT2D eigenvalue weighted by Gasteiger charge is -2.36. The molecule has 3 aromatic carbocycles. The van der Waals surface area contributed by atoms with Crippen molar-refractivity contribution in [3.63, 3.8) is 0 Å². The number of halogens is 1. The van der Waals surface area contributed by atoms with Crippen molar-refractivity contribution >= 4 is 11.6 Å². The molecule has 60 heavy (non-hydrogen) atoms. The van der Waals surface area contributed by atoms with Crippen LogP contribution in [0, 0.1) is 0 Å². The number of alkyl halides is 1. The lowest BCUT2D eigenvalue weighted by Crippen LogP contribution is -2.34. The van der Waals surface area contributed by atoms with E-state index in [-0.39, 0.29) is 0 Å². The molecule has 0 heterocycles. The Labute approximate surface area is 364 Å². The van der Waals surface area contributed by atoms with Gasteiger partial charge in [0.15, 0.2) is 0 Å². The van der Waals surface area contributed by atoms with Crippen LogP contribution in [0.1, 0.15) is 42.4 Å². The zero-order chi connectivity index (χ0) is 42.1. The summed E-state index contributed by atoms with van der Waals surface area (Å²) >= 11 is 5.67. The molecule has 12 nitrogen and oxygen atoms in total. The quantitative estimate of drug-likeness (QED) is 0.0333. The number of hydrogen-bond acceptors (Lipinski definition) is 12. The van der Waals surface area contributed by atoms with Crippen LogP contribution in [0.4, 0.5) is 0 Å². The van der Waals surface area contributed by atoms with Crippen LogP contribution in [0.15, 0.2) is 91.0 Å². The first-order chi connectivity index (χ1) is 29.9. The van der Waals surface area contributed by atoms with Gasteiger partial charge in [-0.3, -0.25) is 0 Å². The van der Waals surface area contributed by atoms with Crippen molar-refractivity contribution in [1.82, 2.24) is 0 Å². The van der Waals surface area contributed by atoms with Gasteiger partial charge in [0.05, 0.1) is 145 Å². The van der Waals surface area contributed by atoms with Gasteiger partial charge in [0.25, 0.3) is 0 Å². The monoisotopic (exact) mass is 862 g/mol. The highest BCUT2D eigenvalue weighted by atomic mass is 35.5. The molecule has 0 aromatic heterocycles. The first-order valence-electron chi connectivity index (χ1n) is 21.6. The molecule has 0 unspecified atom stereocenters. The summed E-state index contributed by atoms with van der Waals surface area (Å²) in [4.78, 5) is 0. The predicted molar refractivity (Wildman–Crippen MR) is 233 cm³/mol. The Morgan fingerprint density at radius 3 is 0.767 bits per heavy atom. The van der Waals surface area contributed by atoms with Crippen LogP contribution >= 0.6 is 11.6 Å². The molecular weight excluding hydrogens is 792 g/mol. The fourth-order valence-corrected chi connectivity index (χ4v) is 6.16. The lowest BCUT2D eigenvalue weighted by atomic mass is 9.80. The summed E-state index contributed by atoms with van der Waals surface area (Å²) in [6.07, 6.45) is 4.49. The van der Waals surface area contributed by atoms with Gasteiger partial charge in [0, 0.05) is 12.5 Å². The SMILES string of the molecule is ClCCCCCCOCCOCCOCCOCCOCCOCCOCCOCCOCCOCCOCCOC(c1ccccc1)(c1ccccc1)c1ccccc1. The number of ether oxygens (including phenoxy) is 12. The highest BCUT2D eigenvalue weighted by molar-refractivity contribution is 6.17. The Balaban J connectivity index is 1.01. The number of hydrogen-bond donors (Lipinski definition) is 0. The van der Waals surface area contributed by atoms with E-state index in [2.05, 4.69) is 36.4 Å². The van der Waals surface area contributed by atoms with Crippen LogP contribution in [0.5, 0.6) is 0 Å². The van der Waals surface area contributed by atoms with E-state index in [9.17, 15) is 0 Å². The lowest BCUT2D eigenvalue weighted by molar-refractivity contribution is -0.0399. The Kier molecular flexibility index (Phi) is 33.0.